The molecule has 0 aromatic heterocycles. The second-order valence-corrected chi connectivity index (χ2v) is 10.9. The summed E-state index contributed by atoms with van der Waals surface area (Å²) in [6.45, 7) is 2.53. The van der Waals surface area contributed by atoms with Crippen LogP contribution in [0, 0.1) is 0 Å². The summed E-state index contributed by atoms with van der Waals surface area (Å²) < 4.78 is 34.5. The molecule has 2 atom stereocenters. The third-order valence-corrected chi connectivity index (χ3v) is 8.42. The average molecular weight is 476 g/mol. The second kappa shape index (κ2) is 9.41. The number of thioether (sulfide) groups is 1. The second-order valence-electron chi connectivity index (χ2n) is 7.50. The number of rotatable bonds is 7. The Morgan fingerprint density at radius 3 is 2.44 bits per heavy atom. The molecule has 8 nitrogen and oxygen atoms in total. The highest BCUT2D eigenvalue weighted by Crippen LogP contribution is 2.37. The number of fused-ring (bicyclic) bond motifs is 1. The van der Waals surface area contributed by atoms with Crippen LogP contribution >= 0.6 is 11.8 Å². The topological polar surface area (TPSA) is 97.3 Å². The molecule has 10 heteroatoms. The van der Waals surface area contributed by atoms with Gasteiger partial charge in [-0.15, -0.1) is 0 Å². The Bertz CT molecular complexity index is 1100. The van der Waals surface area contributed by atoms with Crippen LogP contribution in [0.4, 0.5) is 11.4 Å². The van der Waals surface area contributed by atoms with Crippen molar-refractivity contribution in [1.82, 2.24) is 0 Å². The first kappa shape index (κ1) is 22.5. The molecule has 0 spiro atoms. The largest absolute Gasteiger partial charge is 0.497 e. The molecule has 0 aliphatic carbocycles. The van der Waals surface area contributed by atoms with Gasteiger partial charge in [-0.05, 0) is 55.5 Å². The van der Waals surface area contributed by atoms with Crippen LogP contribution in [-0.2, 0) is 14.6 Å². The van der Waals surface area contributed by atoms with Gasteiger partial charge in [-0.1, -0.05) is 11.8 Å². The lowest BCUT2D eigenvalue weighted by Gasteiger charge is -2.24. The van der Waals surface area contributed by atoms with Crippen molar-refractivity contribution in [2.45, 2.75) is 18.2 Å². The van der Waals surface area contributed by atoms with Crippen LogP contribution < -0.4 is 19.7 Å². The maximum Gasteiger partial charge on any atom is 0.244 e. The molecule has 4 rings (SSSR count). The van der Waals surface area contributed by atoms with Gasteiger partial charge in [0, 0.05) is 16.6 Å². The van der Waals surface area contributed by atoms with Gasteiger partial charge in [0.25, 0.3) is 0 Å². The van der Waals surface area contributed by atoms with Gasteiger partial charge in [0.15, 0.2) is 15.0 Å². The third kappa shape index (κ3) is 5.18. The highest BCUT2D eigenvalue weighted by Gasteiger charge is 2.44. The molecule has 0 radical (unpaired) electrons. The van der Waals surface area contributed by atoms with Gasteiger partial charge in [0.1, 0.15) is 18.0 Å². The fraction of sp³-hybridized carbons (Fsp3) is 0.364. The summed E-state index contributed by atoms with van der Waals surface area (Å²) in [6.07, 6.45) is 0. The summed E-state index contributed by atoms with van der Waals surface area (Å²) >= 11 is 1.42. The first-order valence-electron chi connectivity index (χ1n) is 10.3. The summed E-state index contributed by atoms with van der Waals surface area (Å²) in [5, 5.41) is 3.45. The Morgan fingerprint density at radius 2 is 1.81 bits per heavy atom. The molecule has 1 fully saturated rings. The van der Waals surface area contributed by atoms with Gasteiger partial charge in [0.05, 0.1) is 31.3 Å². The minimum absolute atomic E-state index is 0.0392. The maximum atomic E-state index is 12.9. The number of anilines is 2. The Hall–Kier alpha value is -2.72. The van der Waals surface area contributed by atoms with Gasteiger partial charge in [-0.3, -0.25) is 9.79 Å². The smallest absolute Gasteiger partial charge is 0.244 e. The number of carbonyl (C=O) groups is 1. The molecule has 0 saturated carbocycles. The zero-order valence-electron chi connectivity index (χ0n) is 17.9. The number of amides is 1. The quantitative estimate of drug-likeness (QED) is 0.658. The molecule has 0 unspecified atom stereocenters. The summed E-state index contributed by atoms with van der Waals surface area (Å²) in [4.78, 5) is 19.3. The van der Waals surface area contributed by atoms with Crippen LogP contribution in [0.25, 0.3) is 0 Å². The van der Waals surface area contributed by atoms with Gasteiger partial charge < -0.3 is 19.7 Å². The highest BCUT2D eigenvalue weighted by atomic mass is 32.2. The average Bonchev–Trinajstić information content (AvgIpc) is 3.27. The summed E-state index contributed by atoms with van der Waals surface area (Å²) in [7, 11) is -1.46. The fourth-order valence-corrected chi connectivity index (χ4v) is 7.43. The minimum Gasteiger partial charge on any atom is -0.497 e. The zero-order valence-corrected chi connectivity index (χ0v) is 19.5. The molecule has 1 saturated heterocycles. The van der Waals surface area contributed by atoms with Gasteiger partial charge in [-0.2, -0.15) is 0 Å². The number of hydrogen-bond acceptors (Lipinski definition) is 8. The minimum atomic E-state index is -3.05. The molecule has 32 heavy (non-hydrogen) atoms. The van der Waals surface area contributed by atoms with Crippen molar-refractivity contribution < 1.29 is 22.7 Å². The number of nitrogens with zero attached hydrogens (tertiary/aromatic N) is 2. The van der Waals surface area contributed by atoms with Crippen LogP contribution in [0.5, 0.6) is 11.5 Å². The summed E-state index contributed by atoms with van der Waals surface area (Å²) in [5.41, 5.74) is 1.44. The molecular formula is C22H25N3O5S2. The van der Waals surface area contributed by atoms with Crippen molar-refractivity contribution in [2.75, 3.05) is 42.0 Å². The predicted octanol–water partition coefficient (Wildman–Crippen LogP) is 2.81. The third-order valence-electron chi connectivity index (χ3n) is 5.17. The van der Waals surface area contributed by atoms with Crippen molar-refractivity contribution in [1.29, 1.82) is 0 Å². The Labute approximate surface area is 191 Å². The molecule has 2 aliphatic rings. The highest BCUT2D eigenvalue weighted by molar-refractivity contribution is 8.15. The Morgan fingerprint density at radius 1 is 1.12 bits per heavy atom. The summed E-state index contributed by atoms with van der Waals surface area (Å²) in [5.74, 6) is 1.41. The number of aliphatic imine (C=N–C) groups is 1. The Kier molecular flexibility index (Phi) is 6.61. The van der Waals surface area contributed by atoms with Crippen molar-refractivity contribution in [3.8, 4) is 11.5 Å². The van der Waals surface area contributed by atoms with E-state index < -0.39 is 9.84 Å². The van der Waals surface area contributed by atoms with Crippen LogP contribution in [0.15, 0.2) is 53.5 Å². The van der Waals surface area contributed by atoms with E-state index in [1.807, 2.05) is 36.1 Å². The lowest BCUT2D eigenvalue weighted by atomic mass is 10.2. The molecule has 2 aromatic carbocycles. The van der Waals surface area contributed by atoms with E-state index in [2.05, 4.69) is 10.3 Å². The van der Waals surface area contributed by atoms with E-state index in [1.165, 1.54) is 11.8 Å². The van der Waals surface area contributed by atoms with E-state index in [9.17, 15) is 13.2 Å². The van der Waals surface area contributed by atoms with Crippen molar-refractivity contribution in [3.05, 3.63) is 48.5 Å². The number of ether oxygens (including phenoxy) is 2. The fourth-order valence-electron chi connectivity index (χ4n) is 3.65. The van der Waals surface area contributed by atoms with E-state index >= 15 is 0 Å². The van der Waals surface area contributed by atoms with Crippen LogP contribution in [-0.4, -0.2) is 62.6 Å². The number of amidine groups is 1. The van der Waals surface area contributed by atoms with E-state index in [0.717, 1.165) is 11.4 Å². The first-order chi connectivity index (χ1) is 15.4. The number of nitrogens with one attached hydrogen (secondary N) is 1. The van der Waals surface area contributed by atoms with Crippen LogP contribution in [0.2, 0.25) is 0 Å². The lowest BCUT2D eigenvalue weighted by Crippen LogP contribution is -2.36. The van der Waals surface area contributed by atoms with Gasteiger partial charge in [0.2, 0.25) is 5.91 Å². The molecule has 2 aliphatic heterocycles. The standard InChI is InChI=1S/C22H25N3O5S2/c1-3-30-18-8-4-15(5-9-18)23-21(26)12-25(16-6-10-17(29-2)11-7-16)22-24-19-13-32(27,28)14-20(19)31-22/h4-11,19-20H,3,12-14H2,1-2H3,(H,23,26)/t19-,20-/m0/s1. The normalized spacial score (nSPS) is 20.9. The number of sulfone groups is 1. The van der Waals surface area contributed by atoms with Crippen molar-refractivity contribution >= 4 is 44.0 Å². The Balaban J connectivity index is 1.52. The number of hydrogen-bond donors (Lipinski definition) is 1. The van der Waals surface area contributed by atoms with E-state index in [0.29, 0.717) is 23.2 Å². The predicted molar refractivity (Wildman–Crippen MR) is 128 cm³/mol. The molecular weight excluding hydrogens is 450 g/mol. The molecule has 2 heterocycles. The number of benzene rings is 2. The number of methoxy groups -OCH3 is 1. The molecule has 1 N–H and O–H groups in total. The van der Waals surface area contributed by atoms with Crippen molar-refractivity contribution in [2.24, 2.45) is 4.99 Å². The van der Waals surface area contributed by atoms with Crippen molar-refractivity contribution in [3.63, 3.8) is 0 Å². The SMILES string of the molecule is CCOc1ccc(NC(=O)CN(C2=N[C@H]3CS(=O)(=O)C[C@@H]3S2)c2ccc(OC)cc2)cc1. The maximum absolute atomic E-state index is 12.9. The van der Waals surface area contributed by atoms with E-state index in [-0.39, 0.29) is 35.2 Å². The van der Waals surface area contributed by atoms with Crippen LogP contribution in [0.3, 0.4) is 0 Å². The lowest BCUT2D eigenvalue weighted by molar-refractivity contribution is -0.114. The summed E-state index contributed by atoms with van der Waals surface area (Å²) in [6, 6.07) is 14.3. The van der Waals surface area contributed by atoms with Crippen LogP contribution in [0.1, 0.15) is 6.92 Å². The zero-order chi connectivity index (χ0) is 22.7. The number of carbonyl (C=O) groups excluding carboxylic acids is 1. The van der Waals surface area contributed by atoms with Gasteiger partial charge >= 0.3 is 0 Å². The molecule has 2 aromatic rings. The van der Waals surface area contributed by atoms with E-state index in [4.69, 9.17) is 9.47 Å². The first-order valence-corrected chi connectivity index (χ1v) is 13.0. The van der Waals surface area contributed by atoms with E-state index in [1.54, 1.807) is 31.4 Å². The molecule has 0 bridgehead atoms. The molecule has 170 valence electrons. The molecule has 1 amide bonds. The monoisotopic (exact) mass is 475 g/mol. The van der Waals surface area contributed by atoms with Gasteiger partial charge in [-0.25, -0.2) is 8.42 Å².